The Morgan fingerprint density at radius 2 is 2.18 bits per heavy atom. The minimum Gasteiger partial charge on any atom is -0.310 e. The Morgan fingerprint density at radius 3 is 3.00 bits per heavy atom. The summed E-state index contributed by atoms with van der Waals surface area (Å²) in [6.07, 6.45) is 4.09. The zero-order valence-corrected chi connectivity index (χ0v) is 11.1. The van der Waals surface area contributed by atoms with Crippen LogP contribution in [0.3, 0.4) is 0 Å². The van der Waals surface area contributed by atoms with Crippen molar-refractivity contribution in [2.24, 2.45) is 5.92 Å². The van der Waals surface area contributed by atoms with Crippen molar-refractivity contribution >= 4 is 21.4 Å². The van der Waals surface area contributed by atoms with Crippen LogP contribution in [0.1, 0.15) is 31.7 Å². The normalized spacial score (nSPS) is 24.5. The second kappa shape index (κ2) is 4.79. The van der Waals surface area contributed by atoms with Crippen LogP contribution < -0.4 is 5.32 Å². The topological polar surface area (TPSA) is 12.0 Å². The number of hydrogen-bond donors (Lipinski definition) is 1. The average Bonchev–Trinajstić information content (AvgIpc) is 2.93. The lowest BCUT2D eigenvalue weighted by molar-refractivity contribution is 0.503. The number of rotatable bonds is 3. The second-order valence-electron chi connectivity index (χ2n) is 5.25. The molecule has 1 aromatic carbocycles. The molecule has 0 amide bonds. The SMILES string of the molecule is CC1CCC(NCc2csc3ccccc23)C1. The first kappa shape index (κ1) is 11.2. The fourth-order valence-corrected chi connectivity index (χ4v) is 3.78. The van der Waals surface area contributed by atoms with Gasteiger partial charge < -0.3 is 5.32 Å². The van der Waals surface area contributed by atoms with Gasteiger partial charge in [-0.25, -0.2) is 0 Å². The fraction of sp³-hybridized carbons (Fsp3) is 0.467. The molecule has 1 fully saturated rings. The second-order valence-corrected chi connectivity index (χ2v) is 6.16. The summed E-state index contributed by atoms with van der Waals surface area (Å²) in [5.41, 5.74) is 1.46. The van der Waals surface area contributed by atoms with Crippen molar-refractivity contribution in [3.63, 3.8) is 0 Å². The van der Waals surface area contributed by atoms with E-state index < -0.39 is 0 Å². The predicted octanol–water partition coefficient (Wildman–Crippen LogP) is 4.18. The van der Waals surface area contributed by atoms with Crippen molar-refractivity contribution < 1.29 is 0 Å². The number of fused-ring (bicyclic) bond motifs is 1. The first-order valence-corrected chi connectivity index (χ1v) is 7.39. The average molecular weight is 245 g/mol. The Bertz CT molecular complexity index is 502. The molecule has 0 bridgehead atoms. The van der Waals surface area contributed by atoms with Crippen molar-refractivity contribution in [1.29, 1.82) is 0 Å². The molecule has 1 saturated carbocycles. The summed E-state index contributed by atoms with van der Waals surface area (Å²) in [5.74, 6) is 0.909. The van der Waals surface area contributed by atoms with E-state index in [1.807, 2.05) is 11.3 Å². The summed E-state index contributed by atoms with van der Waals surface area (Å²) in [6.45, 7) is 3.39. The van der Waals surface area contributed by atoms with Gasteiger partial charge in [0.15, 0.2) is 0 Å². The Morgan fingerprint density at radius 1 is 1.29 bits per heavy atom. The van der Waals surface area contributed by atoms with E-state index in [1.54, 1.807) is 0 Å². The highest BCUT2D eigenvalue weighted by molar-refractivity contribution is 7.17. The van der Waals surface area contributed by atoms with Crippen molar-refractivity contribution in [3.8, 4) is 0 Å². The number of benzene rings is 1. The van der Waals surface area contributed by atoms with Crippen LogP contribution in [0.5, 0.6) is 0 Å². The third kappa shape index (κ3) is 2.38. The molecule has 90 valence electrons. The van der Waals surface area contributed by atoms with Crippen LogP contribution in [0.25, 0.3) is 10.1 Å². The van der Waals surface area contributed by atoms with Crippen LogP contribution in [0.15, 0.2) is 29.6 Å². The van der Waals surface area contributed by atoms with Gasteiger partial charge in [-0.05, 0) is 47.6 Å². The van der Waals surface area contributed by atoms with E-state index in [9.17, 15) is 0 Å². The van der Waals surface area contributed by atoms with Crippen molar-refractivity contribution in [3.05, 3.63) is 35.2 Å². The summed E-state index contributed by atoms with van der Waals surface area (Å²) in [7, 11) is 0. The number of hydrogen-bond acceptors (Lipinski definition) is 2. The molecule has 1 aliphatic carbocycles. The van der Waals surface area contributed by atoms with Gasteiger partial charge in [0.1, 0.15) is 0 Å². The lowest BCUT2D eigenvalue weighted by Gasteiger charge is -2.11. The zero-order valence-electron chi connectivity index (χ0n) is 10.3. The quantitative estimate of drug-likeness (QED) is 0.855. The van der Waals surface area contributed by atoms with Crippen molar-refractivity contribution in [2.75, 3.05) is 0 Å². The highest BCUT2D eigenvalue weighted by Gasteiger charge is 2.20. The monoisotopic (exact) mass is 245 g/mol. The van der Waals surface area contributed by atoms with E-state index in [0.29, 0.717) is 0 Å². The van der Waals surface area contributed by atoms with Crippen molar-refractivity contribution in [1.82, 2.24) is 5.32 Å². The minimum absolute atomic E-state index is 0.740. The molecule has 0 radical (unpaired) electrons. The third-order valence-corrected chi connectivity index (χ3v) is 4.85. The first-order valence-electron chi connectivity index (χ1n) is 6.51. The Kier molecular flexibility index (Phi) is 3.17. The van der Waals surface area contributed by atoms with E-state index in [4.69, 9.17) is 0 Å². The standard InChI is InChI=1S/C15H19NS/c1-11-6-7-13(8-11)16-9-12-10-17-15-5-3-2-4-14(12)15/h2-5,10-11,13,16H,6-9H2,1H3. The van der Waals surface area contributed by atoms with Gasteiger partial charge in [-0.15, -0.1) is 11.3 Å². The van der Waals surface area contributed by atoms with E-state index >= 15 is 0 Å². The lowest BCUT2D eigenvalue weighted by atomic mass is 10.1. The van der Waals surface area contributed by atoms with E-state index in [-0.39, 0.29) is 0 Å². The molecule has 17 heavy (non-hydrogen) atoms. The lowest BCUT2D eigenvalue weighted by Crippen LogP contribution is -2.25. The Balaban J connectivity index is 1.69. The van der Waals surface area contributed by atoms with E-state index in [2.05, 4.69) is 41.9 Å². The van der Waals surface area contributed by atoms with E-state index in [1.165, 1.54) is 34.9 Å². The van der Waals surface area contributed by atoms with Crippen LogP contribution in [-0.2, 0) is 6.54 Å². The van der Waals surface area contributed by atoms with E-state index in [0.717, 1.165) is 18.5 Å². The molecule has 1 aromatic heterocycles. The molecule has 0 saturated heterocycles. The van der Waals surface area contributed by atoms with Crippen LogP contribution >= 0.6 is 11.3 Å². The van der Waals surface area contributed by atoms with Gasteiger partial charge in [-0.1, -0.05) is 25.1 Å². The van der Waals surface area contributed by atoms with Crippen LogP contribution in [0.4, 0.5) is 0 Å². The molecule has 2 atom stereocenters. The molecule has 2 heteroatoms. The Hall–Kier alpha value is -0.860. The van der Waals surface area contributed by atoms with Crippen LogP contribution in [0.2, 0.25) is 0 Å². The maximum absolute atomic E-state index is 3.71. The largest absolute Gasteiger partial charge is 0.310 e. The summed E-state index contributed by atoms with van der Waals surface area (Å²) >= 11 is 1.86. The minimum atomic E-state index is 0.740. The number of nitrogens with one attached hydrogen (secondary N) is 1. The molecular formula is C15H19NS. The third-order valence-electron chi connectivity index (χ3n) is 3.84. The van der Waals surface area contributed by atoms with Gasteiger partial charge in [-0.2, -0.15) is 0 Å². The van der Waals surface area contributed by atoms with Gasteiger partial charge in [0.05, 0.1) is 0 Å². The fourth-order valence-electron chi connectivity index (χ4n) is 2.82. The van der Waals surface area contributed by atoms with Gasteiger partial charge in [0.2, 0.25) is 0 Å². The highest BCUT2D eigenvalue weighted by atomic mass is 32.1. The molecule has 1 nitrogen and oxygen atoms in total. The molecule has 3 rings (SSSR count). The molecule has 2 aromatic rings. The van der Waals surface area contributed by atoms with Gasteiger partial charge >= 0.3 is 0 Å². The highest BCUT2D eigenvalue weighted by Crippen LogP contribution is 2.27. The van der Waals surface area contributed by atoms with Crippen LogP contribution in [-0.4, -0.2) is 6.04 Å². The van der Waals surface area contributed by atoms with Crippen molar-refractivity contribution in [2.45, 2.75) is 38.8 Å². The van der Waals surface area contributed by atoms with Gasteiger partial charge in [-0.3, -0.25) is 0 Å². The summed E-state index contributed by atoms with van der Waals surface area (Å²) in [4.78, 5) is 0. The smallest absolute Gasteiger partial charge is 0.0346 e. The Labute approximate surface area is 107 Å². The molecule has 1 N–H and O–H groups in total. The molecule has 1 heterocycles. The molecular weight excluding hydrogens is 226 g/mol. The predicted molar refractivity (Wildman–Crippen MR) is 75.5 cm³/mol. The maximum atomic E-state index is 3.71. The molecule has 0 aliphatic heterocycles. The molecule has 1 aliphatic rings. The number of thiophene rings is 1. The van der Waals surface area contributed by atoms with Crippen LogP contribution in [0, 0.1) is 5.92 Å². The maximum Gasteiger partial charge on any atom is 0.0346 e. The summed E-state index contributed by atoms with van der Waals surface area (Å²) in [6, 6.07) is 9.44. The first-order chi connectivity index (χ1) is 8.33. The van der Waals surface area contributed by atoms with Gasteiger partial charge in [0.25, 0.3) is 0 Å². The summed E-state index contributed by atoms with van der Waals surface area (Å²) in [5, 5.41) is 7.44. The zero-order chi connectivity index (χ0) is 11.7. The summed E-state index contributed by atoms with van der Waals surface area (Å²) < 4.78 is 1.41. The van der Waals surface area contributed by atoms with Gasteiger partial charge in [0, 0.05) is 17.3 Å². The molecule has 2 unspecified atom stereocenters. The molecule has 0 spiro atoms.